The maximum absolute atomic E-state index is 13.5. The van der Waals surface area contributed by atoms with Crippen LogP contribution in [0.4, 0.5) is 17.1 Å². The van der Waals surface area contributed by atoms with Crippen LogP contribution in [0.25, 0.3) is 11.1 Å². The Labute approximate surface area is 258 Å². The zero-order valence-corrected chi connectivity index (χ0v) is 25.7. The van der Waals surface area contributed by atoms with Gasteiger partial charge in [0.15, 0.2) is 0 Å². The van der Waals surface area contributed by atoms with Crippen LogP contribution < -0.4 is 10.2 Å². The van der Waals surface area contributed by atoms with Crippen LogP contribution in [-0.4, -0.2) is 22.4 Å². The molecule has 1 amide bonds. The zero-order valence-electron chi connectivity index (χ0n) is 25.7. The minimum atomic E-state index is -0.626. The molecule has 0 radical (unpaired) electrons. The van der Waals surface area contributed by atoms with E-state index in [0.29, 0.717) is 24.2 Å². The summed E-state index contributed by atoms with van der Waals surface area (Å²) in [7, 11) is 0. The fraction of sp³-hybridized carbons (Fsp3) is 0.278. The summed E-state index contributed by atoms with van der Waals surface area (Å²) < 4.78 is 5.61. The van der Waals surface area contributed by atoms with E-state index in [4.69, 9.17) is 4.74 Å². The van der Waals surface area contributed by atoms with Gasteiger partial charge < -0.3 is 15.0 Å². The topological polar surface area (TPSA) is 102 Å². The lowest BCUT2D eigenvalue weighted by molar-refractivity contribution is -0.384. The number of nitrogens with one attached hydrogen (secondary N) is 1. The Morgan fingerprint density at radius 2 is 1.57 bits per heavy atom. The Morgan fingerprint density at radius 1 is 0.886 bits per heavy atom. The average Bonchev–Trinajstić information content (AvgIpc) is 3.01. The first kappa shape index (κ1) is 31.9. The zero-order chi connectivity index (χ0) is 31.7. The summed E-state index contributed by atoms with van der Waals surface area (Å²) in [5.74, 6) is -0.590. The molecule has 4 rings (SSSR count). The Hall–Kier alpha value is -4.98. The van der Waals surface area contributed by atoms with E-state index in [0.717, 1.165) is 28.7 Å². The average molecular weight is 594 g/mol. The summed E-state index contributed by atoms with van der Waals surface area (Å²) in [5, 5.41) is 15.4. The van der Waals surface area contributed by atoms with Gasteiger partial charge in [-0.05, 0) is 67.6 Å². The molecule has 0 heterocycles. The van der Waals surface area contributed by atoms with Crippen molar-refractivity contribution in [3.63, 3.8) is 0 Å². The monoisotopic (exact) mass is 593 g/mol. The van der Waals surface area contributed by atoms with Gasteiger partial charge in [0.1, 0.15) is 11.3 Å². The molecule has 0 aliphatic rings. The molecule has 228 valence electrons. The largest absolute Gasteiger partial charge is 0.456 e. The number of unbranched alkanes of at least 4 members (excludes halogenated alkanes) is 1. The highest BCUT2D eigenvalue weighted by atomic mass is 16.6. The van der Waals surface area contributed by atoms with E-state index in [1.165, 1.54) is 11.0 Å². The fourth-order valence-corrected chi connectivity index (χ4v) is 4.79. The van der Waals surface area contributed by atoms with Crippen molar-refractivity contribution in [1.29, 1.82) is 0 Å². The van der Waals surface area contributed by atoms with Crippen molar-refractivity contribution in [3.8, 4) is 11.1 Å². The van der Waals surface area contributed by atoms with Gasteiger partial charge in [-0.2, -0.15) is 0 Å². The number of benzene rings is 4. The lowest BCUT2D eigenvalue weighted by Crippen LogP contribution is -2.31. The number of nitrogens with zero attached hydrogens (tertiary/aromatic N) is 2. The van der Waals surface area contributed by atoms with Crippen LogP contribution in [0.2, 0.25) is 0 Å². The molecule has 8 heteroatoms. The molecule has 0 aliphatic carbocycles. The van der Waals surface area contributed by atoms with Gasteiger partial charge >= 0.3 is 5.97 Å². The van der Waals surface area contributed by atoms with Gasteiger partial charge in [-0.15, -0.1) is 0 Å². The summed E-state index contributed by atoms with van der Waals surface area (Å²) in [5.41, 5.74) is 4.03. The number of nitro benzene ring substituents is 1. The van der Waals surface area contributed by atoms with E-state index < -0.39 is 16.5 Å². The SMILES string of the molecule is CCCCC(=O)N(Cc1ccc(-c2ccccc2C(=O)OC(C)(C)C)cc1)c1cc(NCc2ccccc2)ccc1[N+](=O)[O-]. The van der Waals surface area contributed by atoms with Crippen LogP contribution in [0.5, 0.6) is 0 Å². The summed E-state index contributed by atoms with van der Waals surface area (Å²) in [6.07, 6.45) is 1.78. The molecular formula is C36H39N3O5. The normalized spacial score (nSPS) is 11.1. The van der Waals surface area contributed by atoms with Crippen LogP contribution in [0.15, 0.2) is 97.1 Å². The van der Waals surface area contributed by atoms with E-state index in [1.54, 1.807) is 24.3 Å². The van der Waals surface area contributed by atoms with Crippen molar-refractivity contribution < 1.29 is 19.2 Å². The highest BCUT2D eigenvalue weighted by Gasteiger charge is 2.26. The molecular weight excluding hydrogens is 554 g/mol. The lowest BCUT2D eigenvalue weighted by Gasteiger charge is -2.24. The Balaban J connectivity index is 1.64. The third-order valence-electron chi connectivity index (χ3n) is 7.00. The molecule has 4 aromatic carbocycles. The number of hydrogen-bond acceptors (Lipinski definition) is 6. The van der Waals surface area contributed by atoms with Gasteiger partial charge in [-0.1, -0.05) is 86.1 Å². The molecule has 0 saturated carbocycles. The van der Waals surface area contributed by atoms with Gasteiger partial charge in [-0.25, -0.2) is 4.79 Å². The quantitative estimate of drug-likeness (QED) is 0.100. The van der Waals surface area contributed by atoms with Crippen molar-refractivity contribution in [1.82, 2.24) is 0 Å². The second-order valence-electron chi connectivity index (χ2n) is 11.6. The minimum Gasteiger partial charge on any atom is -0.456 e. The summed E-state index contributed by atoms with van der Waals surface area (Å²) >= 11 is 0. The van der Waals surface area contributed by atoms with Crippen LogP contribution in [-0.2, 0) is 22.6 Å². The van der Waals surface area contributed by atoms with E-state index in [-0.39, 0.29) is 30.2 Å². The highest BCUT2D eigenvalue weighted by molar-refractivity contribution is 5.98. The van der Waals surface area contributed by atoms with Gasteiger partial charge in [-0.3, -0.25) is 14.9 Å². The van der Waals surface area contributed by atoms with E-state index >= 15 is 0 Å². The first-order valence-corrected chi connectivity index (χ1v) is 14.8. The van der Waals surface area contributed by atoms with Crippen LogP contribution in [0.1, 0.15) is 68.4 Å². The van der Waals surface area contributed by atoms with Gasteiger partial charge in [0, 0.05) is 24.7 Å². The maximum atomic E-state index is 13.5. The van der Waals surface area contributed by atoms with Crippen LogP contribution in [0.3, 0.4) is 0 Å². The number of hydrogen-bond donors (Lipinski definition) is 1. The standard InChI is InChI=1S/C36H39N3O5/c1-5-6-16-34(40)38(33-23-29(21-22-32(33)39(42)43)37-24-26-12-8-7-9-13-26)25-27-17-19-28(20-18-27)30-14-10-11-15-31(30)35(41)44-36(2,3)4/h7-15,17-23,37H,5-6,16,24-25H2,1-4H3. The number of carbonyl (C=O) groups is 2. The van der Waals surface area contributed by atoms with Gasteiger partial charge in [0.2, 0.25) is 5.91 Å². The molecule has 0 unspecified atom stereocenters. The second-order valence-corrected chi connectivity index (χ2v) is 11.6. The number of esters is 1. The number of rotatable bonds is 12. The molecule has 0 atom stereocenters. The predicted octanol–water partition coefficient (Wildman–Crippen LogP) is 8.55. The number of nitro groups is 1. The van der Waals surface area contributed by atoms with E-state index in [2.05, 4.69) is 5.32 Å². The third-order valence-corrected chi connectivity index (χ3v) is 7.00. The minimum absolute atomic E-state index is 0.136. The number of amides is 1. The summed E-state index contributed by atoms with van der Waals surface area (Å²) in [6.45, 7) is 8.18. The Kier molecular flexibility index (Phi) is 10.5. The van der Waals surface area contributed by atoms with E-state index in [9.17, 15) is 19.7 Å². The van der Waals surface area contributed by atoms with Crippen molar-refractivity contribution in [2.45, 2.75) is 65.6 Å². The number of carbonyl (C=O) groups excluding carboxylic acids is 2. The fourth-order valence-electron chi connectivity index (χ4n) is 4.79. The summed E-state index contributed by atoms with van der Waals surface area (Å²) in [6, 6.07) is 29.4. The second kappa shape index (κ2) is 14.5. The molecule has 0 aromatic heterocycles. The number of anilines is 2. The first-order valence-electron chi connectivity index (χ1n) is 14.8. The smallest absolute Gasteiger partial charge is 0.339 e. The van der Waals surface area contributed by atoms with Crippen molar-refractivity contribution in [2.24, 2.45) is 0 Å². The molecule has 0 fully saturated rings. The predicted molar refractivity (Wildman–Crippen MR) is 175 cm³/mol. The molecule has 8 nitrogen and oxygen atoms in total. The van der Waals surface area contributed by atoms with Crippen molar-refractivity contribution in [2.75, 3.05) is 10.2 Å². The maximum Gasteiger partial charge on any atom is 0.339 e. The molecule has 0 aliphatic heterocycles. The van der Waals surface area contributed by atoms with Crippen LogP contribution in [0, 0.1) is 10.1 Å². The van der Waals surface area contributed by atoms with E-state index in [1.807, 2.05) is 94.4 Å². The first-order chi connectivity index (χ1) is 21.1. The summed E-state index contributed by atoms with van der Waals surface area (Å²) in [4.78, 5) is 39.6. The molecule has 0 spiro atoms. The molecule has 44 heavy (non-hydrogen) atoms. The number of ether oxygens (including phenoxy) is 1. The van der Waals surface area contributed by atoms with Crippen molar-refractivity contribution in [3.05, 3.63) is 124 Å². The Bertz CT molecular complexity index is 1590. The molecule has 0 bridgehead atoms. The Morgan fingerprint density at radius 3 is 2.23 bits per heavy atom. The van der Waals surface area contributed by atoms with Crippen molar-refractivity contribution >= 4 is 28.9 Å². The molecule has 0 saturated heterocycles. The third kappa shape index (κ3) is 8.53. The highest BCUT2D eigenvalue weighted by Crippen LogP contribution is 2.34. The van der Waals surface area contributed by atoms with Gasteiger partial charge in [0.05, 0.1) is 17.0 Å². The molecule has 4 aromatic rings. The molecule has 1 N–H and O–H groups in total. The lowest BCUT2D eigenvalue weighted by atomic mass is 9.98. The van der Waals surface area contributed by atoms with Crippen LogP contribution >= 0.6 is 0 Å². The van der Waals surface area contributed by atoms with Gasteiger partial charge in [0.25, 0.3) is 5.69 Å².